The standard InChI is InChI=1S/C15H14FN5O2/c1-9-10(14(23)21-15(19-9)17-8-18-21)6-7-13(22)20-12-5-3-2-4-11(12)16/h2-5,8H,6-7H2,1H3,(H,20,22)(H,17,18,19). The number of hydrogen-bond acceptors (Lipinski definition) is 4. The summed E-state index contributed by atoms with van der Waals surface area (Å²) in [5.74, 6) is -0.590. The summed E-state index contributed by atoms with van der Waals surface area (Å²) in [5.41, 5.74) is 0.785. The third kappa shape index (κ3) is 2.96. The molecule has 3 aromatic rings. The van der Waals surface area contributed by atoms with Crippen LogP contribution in [0.3, 0.4) is 0 Å². The van der Waals surface area contributed by atoms with Gasteiger partial charge in [0.15, 0.2) is 0 Å². The predicted molar refractivity (Wildman–Crippen MR) is 81.7 cm³/mol. The molecule has 0 radical (unpaired) electrons. The molecule has 0 bridgehead atoms. The van der Waals surface area contributed by atoms with Crippen LogP contribution in [0.15, 0.2) is 35.4 Å². The van der Waals surface area contributed by atoms with E-state index in [-0.39, 0.29) is 35.8 Å². The molecule has 118 valence electrons. The number of amides is 1. The average Bonchev–Trinajstić information content (AvgIpc) is 2.98. The number of halogens is 1. The number of fused-ring (bicyclic) bond motifs is 1. The summed E-state index contributed by atoms with van der Waals surface area (Å²) in [7, 11) is 0. The van der Waals surface area contributed by atoms with Crippen molar-refractivity contribution in [2.45, 2.75) is 19.8 Å². The molecule has 0 fully saturated rings. The summed E-state index contributed by atoms with van der Waals surface area (Å²) < 4.78 is 14.7. The third-order valence-electron chi connectivity index (χ3n) is 3.48. The van der Waals surface area contributed by atoms with Crippen molar-refractivity contribution in [3.63, 3.8) is 0 Å². The van der Waals surface area contributed by atoms with E-state index in [0.717, 1.165) is 0 Å². The molecule has 0 atom stereocenters. The quantitative estimate of drug-likeness (QED) is 0.762. The Morgan fingerprint density at radius 1 is 1.39 bits per heavy atom. The lowest BCUT2D eigenvalue weighted by Gasteiger charge is -2.07. The molecule has 0 unspecified atom stereocenters. The van der Waals surface area contributed by atoms with Gasteiger partial charge in [-0.25, -0.2) is 14.4 Å². The second kappa shape index (κ2) is 5.99. The number of nitrogens with one attached hydrogen (secondary N) is 2. The second-order valence-corrected chi connectivity index (χ2v) is 5.03. The van der Waals surface area contributed by atoms with Crippen molar-refractivity contribution in [3.05, 3.63) is 58.0 Å². The Morgan fingerprint density at radius 2 is 2.17 bits per heavy atom. The number of carbonyl (C=O) groups excluding carboxylic acids is 1. The van der Waals surface area contributed by atoms with E-state index >= 15 is 0 Å². The maximum absolute atomic E-state index is 13.5. The molecule has 2 heterocycles. The van der Waals surface area contributed by atoms with Gasteiger partial charge in [0.25, 0.3) is 11.3 Å². The molecular formula is C15H14FN5O2. The van der Waals surface area contributed by atoms with Crippen LogP contribution < -0.4 is 10.9 Å². The Balaban J connectivity index is 1.74. The molecule has 7 nitrogen and oxygen atoms in total. The van der Waals surface area contributed by atoms with Gasteiger partial charge in [-0.3, -0.25) is 14.7 Å². The third-order valence-corrected chi connectivity index (χ3v) is 3.48. The highest BCUT2D eigenvalue weighted by Crippen LogP contribution is 2.13. The summed E-state index contributed by atoms with van der Waals surface area (Å²) >= 11 is 0. The molecule has 0 aliphatic carbocycles. The van der Waals surface area contributed by atoms with Gasteiger partial charge >= 0.3 is 0 Å². The van der Waals surface area contributed by atoms with Crippen LogP contribution in [-0.2, 0) is 11.2 Å². The molecule has 2 aromatic heterocycles. The van der Waals surface area contributed by atoms with Gasteiger partial charge in [-0.15, -0.1) is 0 Å². The van der Waals surface area contributed by atoms with Crippen molar-refractivity contribution in [1.82, 2.24) is 19.6 Å². The Morgan fingerprint density at radius 3 is 2.96 bits per heavy atom. The molecule has 0 saturated heterocycles. The monoisotopic (exact) mass is 315 g/mol. The molecular weight excluding hydrogens is 301 g/mol. The molecule has 0 aliphatic heterocycles. The second-order valence-electron chi connectivity index (χ2n) is 5.03. The Bertz CT molecular complexity index is 931. The predicted octanol–water partition coefficient (Wildman–Crippen LogP) is 1.44. The molecule has 1 aromatic carbocycles. The summed E-state index contributed by atoms with van der Waals surface area (Å²) in [5, 5.41) is 5.16. The maximum atomic E-state index is 13.5. The Kier molecular flexibility index (Phi) is 3.88. The number of nitrogens with zero attached hydrogens (tertiary/aromatic N) is 3. The van der Waals surface area contributed by atoms with Crippen molar-refractivity contribution in [1.29, 1.82) is 0 Å². The number of aromatic amines is 1. The van der Waals surface area contributed by atoms with E-state index in [1.165, 1.54) is 23.0 Å². The first kappa shape index (κ1) is 14.9. The van der Waals surface area contributed by atoms with Crippen LogP contribution in [0, 0.1) is 12.7 Å². The zero-order chi connectivity index (χ0) is 16.4. The lowest BCUT2D eigenvalue weighted by molar-refractivity contribution is -0.116. The van der Waals surface area contributed by atoms with E-state index in [4.69, 9.17) is 0 Å². The van der Waals surface area contributed by atoms with E-state index < -0.39 is 5.82 Å². The number of aromatic nitrogens is 4. The molecule has 0 saturated carbocycles. The normalized spacial score (nSPS) is 10.9. The van der Waals surface area contributed by atoms with Crippen LogP contribution in [0.1, 0.15) is 17.7 Å². The van der Waals surface area contributed by atoms with Gasteiger partial charge in [0.1, 0.15) is 12.1 Å². The van der Waals surface area contributed by atoms with E-state index in [0.29, 0.717) is 11.3 Å². The summed E-state index contributed by atoms with van der Waals surface area (Å²) in [6.45, 7) is 1.69. The van der Waals surface area contributed by atoms with Crippen LogP contribution in [-0.4, -0.2) is 25.5 Å². The summed E-state index contributed by atoms with van der Waals surface area (Å²) in [6, 6.07) is 5.92. The number of H-pyrrole nitrogens is 1. The fourth-order valence-corrected chi connectivity index (χ4v) is 2.30. The fraction of sp³-hybridized carbons (Fsp3) is 0.200. The van der Waals surface area contributed by atoms with Crippen molar-refractivity contribution < 1.29 is 9.18 Å². The van der Waals surface area contributed by atoms with Crippen molar-refractivity contribution in [2.75, 3.05) is 5.32 Å². The van der Waals surface area contributed by atoms with Crippen molar-refractivity contribution in [3.8, 4) is 0 Å². The largest absolute Gasteiger partial charge is 0.324 e. The summed E-state index contributed by atoms with van der Waals surface area (Å²) in [4.78, 5) is 32.4. The van der Waals surface area contributed by atoms with Gasteiger partial charge in [0.05, 0.1) is 11.4 Å². The van der Waals surface area contributed by atoms with Gasteiger partial charge in [-0.1, -0.05) is 12.1 Å². The van der Waals surface area contributed by atoms with Crippen molar-refractivity contribution >= 4 is 17.4 Å². The first-order valence-electron chi connectivity index (χ1n) is 7.02. The number of benzene rings is 1. The Hall–Kier alpha value is -3.03. The highest BCUT2D eigenvalue weighted by Gasteiger charge is 2.13. The number of aryl methyl sites for hydroxylation is 1. The van der Waals surface area contributed by atoms with Crippen LogP contribution in [0.4, 0.5) is 10.1 Å². The van der Waals surface area contributed by atoms with Crippen LogP contribution >= 0.6 is 0 Å². The SMILES string of the molecule is Cc1nc2nc[nH]n2c(=O)c1CCC(=O)Nc1ccccc1F. The molecule has 1 amide bonds. The zero-order valence-corrected chi connectivity index (χ0v) is 12.3. The van der Waals surface area contributed by atoms with Crippen LogP contribution in [0.2, 0.25) is 0 Å². The molecule has 3 rings (SSSR count). The number of para-hydroxylation sites is 1. The van der Waals surface area contributed by atoms with E-state index in [1.807, 2.05) is 0 Å². The lowest BCUT2D eigenvalue weighted by Crippen LogP contribution is -2.23. The first-order valence-corrected chi connectivity index (χ1v) is 7.02. The van der Waals surface area contributed by atoms with Crippen molar-refractivity contribution in [2.24, 2.45) is 0 Å². The summed E-state index contributed by atoms with van der Waals surface area (Å²) in [6.07, 6.45) is 1.63. The molecule has 8 heteroatoms. The maximum Gasteiger partial charge on any atom is 0.277 e. The highest BCUT2D eigenvalue weighted by atomic mass is 19.1. The molecule has 23 heavy (non-hydrogen) atoms. The van der Waals surface area contributed by atoms with E-state index in [2.05, 4.69) is 20.4 Å². The number of hydrogen-bond donors (Lipinski definition) is 2. The van der Waals surface area contributed by atoms with Crippen LogP contribution in [0.25, 0.3) is 5.78 Å². The van der Waals surface area contributed by atoms with Gasteiger partial charge in [-0.2, -0.15) is 4.52 Å². The highest BCUT2D eigenvalue weighted by molar-refractivity contribution is 5.90. The minimum absolute atomic E-state index is 0.0479. The molecule has 0 aliphatic rings. The zero-order valence-electron chi connectivity index (χ0n) is 12.3. The number of rotatable bonds is 4. The molecule has 0 spiro atoms. The van der Waals surface area contributed by atoms with Gasteiger partial charge in [0, 0.05) is 12.0 Å². The minimum Gasteiger partial charge on any atom is -0.324 e. The lowest BCUT2D eigenvalue weighted by atomic mass is 10.1. The first-order chi connectivity index (χ1) is 11.1. The smallest absolute Gasteiger partial charge is 0.277 e. The van der Waals surface area contributed by atoms with E-state index in [1.54, 1.807) is 19.1 Å². The minimum atomic E-state index is -0.502. The average molecular weight is 315 g/mol. The topological polar surface area (TPSA) is 92.2 Å². The Labute approximate surface area is 130 Å². The fourth-order valence-electron chi connectivity index (χ4n) is 2.30. The van der Waals surface area contributed by atoms with E-state index in [9.17, 15) is 14.0 Å². The van der Waals surface area contributed by atoms with Gasteiger partial charge in [0.2, 0.25) is 5.91 Å². The van der Waals surface area contributed by atoms with Gasteiger partial charge in [-0.05, 0) is 25.5 Å². The molecule has 2 N–H and O–H groups in total. The number of carbonyl (C=O) groups is 1. The number of anilines is 1. The van der Waals surface area contributed by atoms with Gasteiger partial charge < -0.3 is 5.32 Å². The van der Waals surface area contributed by atoms with Crippen LogP contribution in [0.5, 0.6) is 0 Å².